The maximum atomic E-state index is 4.19. The van der Waals surface area contributed by atoms with E-state index in [0.29, 0.717) is 6.54 Å². The van der Waals surface area contributed by atoms with Crippen LogP contribution in [0.5, 0.6) is 0 Å². The molecule has 19 heavy (non-hydrogen) atoms. The number of thiophene rings is 1. The highest BCUT2D eigenvalue weighted by molar-refractivity contribution is 7.10. The van der Waals surface area contributed by atoms with Gasteiger partial charge in [0.25, 0.3) is 0 Å². The molecule has 2 heterocycles. The molecule has 0 fully saturated rings. The number of nitrogens with zero attached hydrogens (tertiary/aromatic N) is 4. The normalized spacial score (nSPS) is 11.6. The standard InChI is InChI=1S/C12H18N6S/c1-9-4-5-19-10(9)6-14-12(13-2)15-7-11-16-8-17-18(11)3/h4-5,8H,6-7H2,1-3H3,(H2,13,14,15). The van der Waals surface area contributed by atoms with Crippen LogP contribution in [0, 0.1) is 6.92 Å². The molecule has 0 spiro atoms. The number of hydrogen-bond acceptors (Lipinski definition) is 4. The molecule has 0 aliphatic rings. The largest absolute Gasteiger partial charge is 0.352 e. The Bertz CT molecular complexity index is 510. The molecule has 2 N–H and O–H groups in total. The number of rotatable bonds is 4. The highest BCUT2D eigenvalue weighted by atomic mass is 32.1. The Kier molecular flexibility index (Phi) is 4.51. The third kappa shape index (κ3) is 3.54. The van der Waals surface area contributed by atoms with E-state index in [0.717, 1.165) is 18.3 Å². The lowest BCUT2D eigenvalue weighted by Crippen LogP contribution is -2.36. The van der Waals surface area contributed by atoms with Gasteiger partial charge in [0, 0.05) is 19.0 Å². The van der Waals surface area contributed by atoms with Gasteiger partial charge in [-0.05, 0) is 23.9 Å². The quantitative estimate of drug-likeness (QED) is 0.648. The Morgan fingerprint density at radius 2 is 2.21 bits per heavy atom. The van der Waals surface area contributed by atoms with Crippen LogP contribution in [0.15, 0.2) is 22.8 Å². The first-order valence-corrected chi connectivity index (χ1v) is 6.89. The minimum atomic E-state index is 0.597. The van der Waals surface area contributed by atoms with Gasteiger partial charge in [-0.15, -0.1) is 11.3 Å². The molecule has 0 bridgehead atoms. The van der Waals surface area contributed by atoms with Gasteiger partial charge in [0.15, 0.2) is 5.96 Å². The van der Waals surface area contributed by atoms with Crippen LogP contribution in [0.1, 0.15) is 16.3 Å². The Hall–Kier alpha value is -1.89. The predicted molar refractivity (Wildman–Crippen MR) is 77.1 cm³/mol. The number of aliphatic imine (C=N–C) groups is 1. The second kappa shape index (κ2) is 6.33. The molecule has 2 aromatic heterocycles. The summed E-state index contributed by atoms with van der Waals surface area (Å²) in [4.78, 5) is 9.66. The minimum Gasteiger partial charge on any atom is -0.352 e. The van der Waals surface area contributed by atoms with E-state index in [1.54, 1.807) is 29.4 Å². The van der Waals surface area contributed by atoms with Crippen molar-refractivity contribution in [2.24, 2.45) is 12.0 Å². The van der Waals surface area contributed by atoms with Crippen LogP contribution in [0.2, 0.25) is 0 Å². The highest BCUT2D eigenvalue weighted by Gasteiger charge is 2.04. The van der Waals surface area contributed by atoms with Crippen molar-refractivity contribution in [2.45, 2.75) is 20.0 Å². The summed E-state index contributed by atoms with van der Waals surface area (Å²) in [6.45, 7) is 3.49. The van der Waals surface area contributed by atoms with Crippen molar-refractivity contribution in [1.82, 2.24) is 25.4 Å². The van der Waals surface area contributed by atoms with Crippen molar-refractivity contribution in [3.05, 3.63) is 34.0 Å². The summed E-state index contributed by atoms with van der Waals surface area (Å²) < 4.78 is 1.74. The zero-order valence-electron chi connectivity index (χ0n) is 11.3. The van der Waals surface area contributed by atoms with Crippen molar-refractivity contribution in [3.8, 4) is 0 Å². The second-order valence-corrected chi connectivity index (χ2v) is 5.11. The first-order valence-electron chi connectivity index (χ1n) is 6.01. The molecular weight excluding hydrogens is 260 g/mol. The molecule has 0 aliphatic carbocycles. The second-order valence-electron chi connectivity index (χ2n) is 4.11. The third-order valence-corrected chi connectivity index (χ3v) is 3.85. The highest BCUT2D eigenvalue weighted by Crippen LogP contribution is 2.14. The summed E-state index contributed by atoms with van der Waals surface area (Å²) >= 11 is 1.75. The smallest absolute Gasteiger partial charge is 0.191 e. The molecule has 0 aliphatic heterocycles. The van der Waals surface area contributed by atoms with E-state index >= 15 is 0 Å². The van der Waals surface area contributed by atoms with E-state index in [9.17, 15) is 0 Å². The van der Waals surface area contributed by atoms with Gasteiger partial charge in [0.2, 0.25) is 0 Å². The summed E-state index contributed by atoms with van der Waals surface area (Å²) in [7, 11) is 3.63. The molecule has 0 unspecified atom stereocenters. The Morgan fingerprint density at radius 1 is 1.42 bits per heavy atom. The van der Waals surface area contributed by atoms with Gasteiger partial charge in [-0.1, -0.05) is 0 Å². The van der Waals surface area contributed by atoms with Gasteiger partial charge in [0.05, 0.1) is 13.1 Å². The predicted octanol–water partition coefficient (Wildman–Crippen LogP) is 1.05. The number of guanidine groups is 1. The zero-order valence-corrected chi connectivity index (χ0v) is 12.2. The number of aryl methyl sites for hydroxylation is 2. The van der Waals surface area contributed by atoms with Crippen LogP contribution in [0.4, 0.5) is 0 Å². The van der Waals surface area contributed by atoms with Crippen LogP contribution in [-0.4, -0.2) is 27.8 Å². The van der Waals surface area contributed by atoms with Gasteiger partial charge >= 0.3 is 0 Å². The molecule has 7 heteroatoms. The molecule has 0 atom stereocenters. The van der Waals surface area contributed by atoms with Gasteiger partial charge in [0.1, 0.15) is 12.2 Å². The van der Waals surface area contributed by atoms with Crippen LogP contribution in [0.25, 0.3) is 0 Å². The molecule has 2 rings (SSSR count). The first kappa shape index (κ1) is 13.5. The molecular formula is C12H18N6S. The third-order valence-electron chi connectivity index (χ3n) is 2.83. The van der Waals surface area contributed by atoms with E-state index in [4.69, 9.17) is 0 Å². The average Bonchev–Trinajstić information content (AvgIpc) is 2.99. The number of nitrogens with one attached hydrogen (secondary N) is 2. The summed E-state index contributed by atoms with van der Waals surface area (Å²) in [5, 5.41) is 12.6. The fraction of sp³-hybridized carbons (Fsp3) is 0.417. The topological polar surface area (TPSA) is 67.1 Å². The summed E-state index contributed by atoms with van der Waals surface area (Å²) in [6, 6.07) is 2.12. The van der Waals surface area contributed by atoms with Gasteiger partial charge < -0.3 is 10.6 Å². The lowest BCUT2D eigenvalue weighted by atomic mass is 10.3. The monoisotopic (exact) mass is 278 g/mol. The van der Waals surface area contributed by atoms with Crippen LogP contribution in [0.3, 0.4) is 0 Å². The maximum Gasteiger partial charge on any atom is 0.191 e. The van der Waals surface area contributed by atoms with E-state index < -0.39 is 0 Å². The molecule has 0 aromatic carbocycles. The Labute approximate surface area is 116 Å². The van der Waals surface area contributed by atoms with Crippen molar-refractivity contribution >= 4 is 17.3 Å². The van der Waals surface area contributed by atoms with Crippen molar-refractivity contribution in [1.29, 1.82) is 0 Å². The van der Waals surface area contributed by atoms with E-state index in [1.165, 1.54) is 10.4 Å². The number of aromatic nitrogens is 3. The summed E-state index contributed by atoms with van der Waals surface area (Å²) in [5.74, 6) is 1.63. The fourth-order valence-electron chi connectivity index (χ4n) is 1.61. The van der Waals surface area contributed by atoms with Crippen molar-refractivity contribution < 1.29 is 0 Å². The zero-order chi connectivity index (χ0) is 13.7. The lowest BCUT2D eigenvalue weighted by Gasteiger charge is -2.11. The molecule has 102 valence electrons. The van der Waals surface area contributed by atoms with E-state index in [-0.39, 0.29) is 0 Å². The fourth-order valence-corrected chi connectivity index (χ4v) is 2.46. The first-order chi connectivity index (χ1) is 9.20. The molecule has 0 saturated heterocycles. The SMILES string of the molecule is CN=C(NCc1sccc1C)NCc1ncnn1C. The summed E-state index contributed by atoms with van der Waals surface area (Å²) in [6.07, 6.45) is 1.54. The number of hydrogen-bond donors (Lipinski definition) is 2. The summed E-state index contributed by atoms with van der Waals surface area (Å²) in [5.41, 5.74) is 1.31. The van der Waals surface area contributed by atoms with Crippen molar-refractivity contribution in [2.75, 3.05) is 7.05 Å². The van der Waals surface area contributed by atoms with Gasteiger partial charge in [-0.2, -0.15) is 5.10 Å². The average molecular weight is 278 g/mol. The lowest BCUT2D eigenvalue weighted by molar-refractivity contribution is 0.673. The minimum absolute atomic E-state index is 0.597. The van der Waals surface area contributed by atoms with Crippen molar-refractivity contribution in [3.63, 3.8) is 0 Å². The van der Waals surface area contributed by atoms with Crippen LogP contribution >= 0.6 is 11.3 Å². The van der Waals surface area contributed by atoms with E-state index in [2.05, 4.69) is 44.1 Å². The van der Waals surface area contributed by atoms with Crippen LogP contribution in [-0.2, 0) is 20.1 Å². The Morgan fingerprint density at radius 3 is 2.79 bits per heavy atom. The van der Waals surface area contributed by atoms with Gasteiger partial charge in [-0.25, -0.2) is 4.98 Å². The molecule has 6 nitrogen and oxygen atoms in total. The Balaban J connectivity index is 1.84. The van der Waals surface area contributed by atoms with E-state index in [1.807, 2.05) is 7.05 Å². The molecule has 0 amide bonds. The molecule has 0 radical (unpaired) electrons. The van der Waals surface area contributed by atoms with Crippen LogP contribution < -0.4 is 10.6 Å². The molecule has 2 aromatic rings. The maximum absolute atomic E-state index is 4.19. The molecule has 0 saturated carbocycles. The van der Waals surface area contributed by atoms with Gasteiger partial charge in [-0.3, -0.25) is 9.67 Å².